The highest BCUT2D eigenvalue weighted by Gasteiger charge is 2.35. The van der Waals surface area contributed by atoms with Crippen LogP contribution in [0.2, 0.25) is 5.15 Å². The zero-order chi connectivity index (χ0) is 12.7. The van der Waals surface area contributed by atoms with Crippen molar-refractivity contribution in [3.05, 3.63) is 22.8 Å². The molecule has 5 nitrogen and oxygen atoms in total. The second-order valence-electron chi connectivity index (χ2n) is 4.67. The third-order valence-corrected chi connectivity index (χ3v) is 3.63. The summed E-state index contributed by atoms with van der Waals surface area (Å²) < 4.78 is 5.73. The molecular weight excluding hydrogens is 256 g/mol. The predicted molar refractivity (Wildman–Crippen MR) is 66.3 cm³/mol. The molecule has 1 aromatic rings. The Kier molecular flexibility index (Phi) is 2.87. The van der Waals surface area contributed by atoms with Gasteiger partial charge in [-0.2, -0.15) is 0 Å². The van der Waals surface area contributed by atoms with Gasteiger partial charge < -0.3 is 14.7 Å². The van der Waals surface area contributed by atoms with Gasteiger partial charge in [-0.3, -0.25) is 0 Å². The predicted octanol–water partition coefficient (Wildman–Crippen LogP) is 1.80. The lowest BCUT2D eigenvalue weighted by Gasteiger charge is -2.33. The maximum absolute atomic E-state index is 11.2. The number of fused-ring (bicyclic) bond motifs is 2. The molecule has 0 aliphatic carbocycles. The van der Waals surface area contributed by atoms with E-state index in [1.165, 1.54) is 12.1 Å². The summed E-state index contributed by atoms with van der Waals surface area (Å²) in [5.41, 5.74) is 0.195. The van der Waals surface area contributed by atoms with E-state index in [0.29, 0.717) is 24.1 Å². The first kappa shape index (κ1) is 11.7. The van der Waals surface area contributed by atoms with Crippen molar-refractivity contribution in [2.45, 2.75) is 25.0 Å². The smallest absolute Gasteiger partial charge is 0.339 e. The number of rotatable bonds is 2. The normalized spacial score (nSPS) is 26.4. The standard InChI is InChI=1S/C12H13ClN2O3/c13-10-4-3-9(12(16)17)11(14-10)15-5-7-1-2-8(6-15)18-7/h3-4,7-8H,1-2,5-6H2,(H,16,17). The van der Waals surface area contributed by atoms with Crippen LogP contribution in [0.25, 0.3) is 0 Å². The van der Waals surface area contributed by atoms with E-state index in [2.05, 4.69) is 4.98 Å². The highest BCUT2D eigenvalue weighted by atomic mass is 35.5. The molecule has 18 heavy (non-hydrogen) atoms. The molecule has 0 aromatic carbocycles. The van der Waals surface area contributed by atoms with Crippen LogP contribution in [-0.2, 0) is 4.74 Å². The third-order valence-electron chi connectivity index (χ3n) is 3.41. The maximum Gasteiger partial charge on any atom is 0.339 e. The summed E-state index contributed by atoms with van der Waals surface area (Å²) >= 11 is 5.87. The number of nitrogens with zero attached hydrogens (tertiary/aromatic N) is 2. The number of anilines is 1. The molecule has 3 rings (SSSR count). The van der Waals surface area contributed by atoms with Crippen LogP contribution < -0.4 is 4.90 Å². The molecule has 2 fully saturated rings. The Morgan fingerprint density at radius 2 is 2.06 bits per heavy atom. The Balaban J connectivity index is 1.95. The molecule has 2 atom stereocenters. The van der Waals surface area contributed by atoms with Gasteiger partial charge >= 0.3 is 5.97 Å². The van der Waals surface area contributed by atoms with Gasteiger partial charge in [-0.15, -0.1) is 0 Å². The number of hydrogen-bond acceptors (Lipinski definition) is 4. The zero-order valence-electron chi connectivity index (χ0n) is 9.67. The molecule has 6 heteroatoms. The van der Waals surface area contributed by atoms with Crippen molar-refractivity contribution in [2.75, 3.05) is 18.0 Å². The minimum Gasteiger partial charge on any atom is -0.478 e. The van der Waals surface area contributed by atoms with Crippen molar-refractivity contribution in [1.82, 2.24) is 4.98 Å². The van der Waals surface area contributed by atoms with Gasteiger partial charge in [-0.25, -0.2) is 9.78 Å². The summed E-state index contributed by atoms with van der Waals surface area (Å²) in [7, 11) is 0. The van der Waals surface area contributed by atoms with Crippen LogP contribution in [0.4, 0.5) is 5.82 Å². The van der Waals surface area contributed by atoms with Crippen LogP contribution in [0.3, 0.4) is 0 Å². The molecule has 2 aliphatic heterocycles. The molecule has 2 saturated heterocycles. The quantitative estimate of drug-likeness (QED) is 0.829. The van der Waals surface area contributed by atoms with Gasteiger partial charge in [0.25, 0.3) is 0 Å². The van der Waals surface area contributed by atoms with E-state index in [1.54, 1.807) is 0 Å². The highest BCUT2D eigenvalue weighted by Crippen LogP contribution is 2.31. The fourth-order valence-electron chi connectivity index (χ4n) is 2.62. The summed E-state index contributed by atoms with van der Waals surface area (Å²) in [6.07, 6.45) is 2.44. The average molecular weight is 269 g/mol. The number of carbonyl (C=O) groups is 1. The van der Waals surface area contributed by atoms with E-state index in [0.717, 1.165) is 12.8 Å². The number of aromatic nitrogens is 1. The number of pyridine rings is 1. The van der Waals surface area contributed by atoms with Gasteiger partial charge in [0.1, 0.15) is 16.5 Å². The van der Waals surface area contributed by atoms with Crippen LogP contribution in [0.15, 0.2) is 12.1 Å². The van der Waals surface area contributed by atoms with Gasteiger partial charge in [-0.05, 0) is 25.0 Å². The molecule has 96 valence electrons. The Morgan fingerprint density at radius 3 is 2.67 bits per heavy atom. The van der Waals surface area contributed by atoms with Crippen LogP contribution >= 0.6 is 11.6 Å². The Morgan fingerprint density at radius 1 is 1.39 bits per heavy atom. The number of aromatic carboxylic acids is 1. The number of ether oxygens (including phenoxy) is 1. The molecule has 1 aromatic heterocycles. The van der Waals surface area contributed by atoms with Crippen molar-refractivity contribution in [1.29, 1.82) is 0 Å². The fraction of sp³-hybridized carbons (Fsp3) is 0.500. The monoisotopic (exact) mass is 268 g/mol. The molecule has 0 saturated carbocycles. The van der Waals surface area contributed by atoms with E-state index >= 15 is 0 Å². The van der Waals surface area contributed by atoms with Gasteiger partial charge in [-0.1, -0.05) is 11.6 Å². The number of morpholine rings is 1. The Bertz CT molecular complexity index is 482. The van der Waals surface area contributed by atoms with E-state index in [9.17, 15) is 9.90 Å². The lowest BCUT2D eigenvalue weighted by atomic mass is 10.2. The molecule has 0 amide bonds. The summed E-state index contributed by atoms with van der Waals surface area (Å²) in [5.74, 6) is -0.525. The zero-order valence-corrected chi connectivity index (χ0v) is 10.4. The van der Waals surface area contributed by atoms with Crippen molar-refractivity contribution in [3.63, 3.8) is 0 Å². The maximum atomic E-state index is 11.2. The first-order valence-corrected chi connectivity index (χ1v) is 6.31. The topological polar surface area (TPSA) is 62.7 Å². The summed E-state index contributed by atoms with van der Waals surface area (Å²) in [4.78, 5) is 17.4. The summed E-state index contributed by atoms with van der Waals surface area (Å²) in [5, 5.41) is 9.51. The molecule has 3 heterocycles. The fourth-order valence-corrected chi connectivity index (χ4v) is 2.76. The minimum atomic E-state index is -0.979. The first-order chi connectivity index (χ1) is 8.63. The van der Waals surface area contributed by atoms with E-state index in [-0.39, 0.29) is 17.8 Å². The van der Waals surface area contributed by atoms with Crippen LogP contribution in [0.1, 0.15) is 23.2 Å². The SMILES string of the molecule is O=C(O)c1ccc(Cl)nc1N1CC2CCC(C1)O2. The van der Waals surface area contributed by atoms with Crippen molar-refractivity contribution in [3.8, 4) is 0 Å². The molecule has 2 aliphatic rings. The molecule has 2 unspecified atom stereocenters. The first-order valence-electron chi connectivity index (χ1n) is 5.94. The van der Waals surface area contributed by atoms with Gasteiger partial charge in [0.2, 0.25) is 0 Å². The van der Waals surface area contributed by atoms with Crippen molar-refractivity contribution < 1.29 is 14.6 Å². The van der Waals surface area contributed by atoms with E-state index < -0.39 is 5.97 Å². The third kappa shape index (κ3) is 2.04. The van der Waals surface area contributed by atoms with Crippen LogP contribution in [0.5, 0.6) is 0 Å². The van der Waals surface area contributed by atoms with Gasteiger partial charge in [0, 0.05) is 13.1 Å². The van der Waals surface area contributed by atoms with E-state index in [1.807, 2.05) is 4.90 Å². The largest absolute Gasteiger partial charge is 0.478 e. The Labute approximate surface area is 109 Å². The Hall–Kier alpha value is -1.33. The lowest BCUT2D eigenvalue weighted by Crippen LogP contribution is -2.43. The molecule has 0 spiro atoms. The van der Waals surface area contributed by atoms with Crippen molar-refractivity contribution in [2.24, 2.45) is 0 Å². The highest BCUT2D eigenvalue weighted by molar-refractivity contribution is 6.29. The minimum absolute atomic E-state index is 0.186. The number of halogens is 1. The number of carboxylic acid groups (broad SMARTS) is 1. The summed E-state index contributed by atoms with van der Waals surface area (Å²) in [6.45, 7) is 1.37. The number of hydrogen-bond donors (Lipinski definition) is 1. The van der Waals surface area contributed by atoms with Crippen LogP contribution in [-0.4, -0.2) is 41.4 Å². The average Bonchev–Trinajstić information content (AvgIpc) is 2.67. The molecular formula is C12H13ClN2O3. The molecule has 2 bridgehead atoms. The van der Waals surface area contributed by atoms with Crippen LogP contribution in [0, 0.1) is 0 Å². The molecule has 0 radical (unpaired) electrons. The van der Waals surface area contributed by atoms with E-state index in [4.69, 9.17) is 16.3 Å². The van der Waals surface area contributed by atoms with Crippen molar-refractivity contribution >= 4 is 23.4 Å². The number of carboxylic acids is 1. The second kappa shape index (κ2) is 4.40. The lowest BCUT2D eigenvalue weighted by molar-refractivity contribution is 0.0300. The molecule has 1 N–H and O–H groups in total. The van der Waals surface area contributed by atoms with Gasteiger partial charge in [0.15, 0.2) is 0 Å². The van der Waals surface area contributed by atoms with Gasteiger partial charge in [0.05, 0.1) is 12.2 Å². The second-order valence-corrected chi connectivity index (χ2v) is 5.06. The summed E-state index contributed by atoms with van der Waals surface area (Å²) in [6, 6.07) is 3.01.